The van der Waals surface area contributed by atoms with E-state index in [0.29, 0.717) is 17.7 Å². The first-order valence-corrected chi connectivity index (χ1v) is 9.18. The van der Waals surface area contributed by atoms with E-state index in [4.69, 9.17) is 9.47 Å². The van der Waals surface area contributed by atoms with Crippen molar-refractivity contribution in [1.29, 1.82) is 5.26 Å². The topological polar surface area (TPSA) is 71.3 Å². The van der Waals surface area contributed by atoms with Gasteiger partial charge in [-0.15, -0.1) is 0 Å². The molecule has 0 saturated carbocycles. The smallest absolute Gasteiger partial charge is 0.306 e. The van der Waals surface area contributed by atoms with Gasteiger partial charge in [0.1, 0.15) is 11.4 Å². The van der Waals surface area contributed by atoms with Crippen LogP contribution in [0.3, 0.4) is 0 Å². The lowest BCUT2D eigenvalue weighted by atomic mass is 9.85. The zero-order valence-corrected chi connectivity index (χ0v) is 15.9. The van der Waals surface area contributed by atoms with E-state index < -0.39 is 11.7 Å². The van der Waals surface area contributed by atoms with Crippen molar-refractivity contribution in [3.05, 3.63) is 59.7 Å². The van der Waals surface area contributed by atoms with E-state index in [1.807, 2.05) is 51.1 Å². The van der Waals surface area contributed by atoms with Gasteiger partial charge in [-0.3, -0.25) is 4.79 Å². The Hall–Kier alpha value is -3.00. The van der Waals surface area contributed by atoms with Crippen molar-refractivity contribution in [2.75, 3.05) is 5.32 Å². The van der Waals surface area contributed by atoms with Crippen LogP contribution in [0.5, 0.6) is 5.75 Å². The van der Waals surface area contributed by atoms with E-state index in [0.717, 1.165) is 17.7 Å². The number of benzene rings is 2. The van der Waals surface area contributed by atoms with Crippen molar-refractivity contribution in [1.82, 2.24) is 0 Å². The van der Waals surface area contributed by atoms with Crippen molar-refractivity contribution in [3.63, 3.8) is 0 Å². The van der Waals surface area contributed by atoms with E-state index in [2.05, 4.69) is 11.4 Å². The molecule has 0 bridgehead atoms. The molecule has 5 heteroatoms. The van der Waals surface area contributed by atoms with Crippen LogP contribution in [0.15, 0.2) is 48.5 Å². The van der Waals surface area contributed by atoms with Gasteiger partial charge in [-0.05, 0) is 50.6 Å². The van der Waals surface area contributed by atoms with Gasteiger partial charge >= 0.3 is 5.97 Å². The number of nitrogens with one attached hydrogen (secondary N) is 1. The van der Waals surface area contributed by atoms with Gasteiger partial charge in [0.15, 0.2) is 6.10 Å². The average Bonchev–Trinajstić information content (AvgIpc) is 2.65. The molecule has 2 aromatic rings. The molecule has 1 heterocycles. The van der Waals surface area contributed by atoms with Gasteiger partial charge in [0.05, 0.1) is 17.7 Å². The molecule has 0 radical (unpaired) electrons. The highest BCUT2D eigenvalue weighted by atomic mass is 16.6. The summed E-state index contributed by atoms with van der Waals surface area (Å²) < 4.78 is 12.0. The Labute approximate surface area is 159 Å². The summed E-state index contributed by atoms with van der Waals surface area (Å²) in [7, 11) is 0. The van der Waals surface area contributed by atoms with Gasteiger partial charge in [-0.1, -0.05) is 25.1 Å². The van der Waals surface area contributed by atoms with E-state index >= 15 is 0 Å². The van der Waals surface area contributed by atoms with E-state index in [-0.39, 0.29) is 12.0 Å². The number of carbonyl (C=O) groups is 1. The molecule has 140 valence electrons. The van der Waals surface area contributed by atoms with E-state index in [9.17, 15) is 10.1 Å². The summed E-state index contributed by atoms with van der Waals surface area (Å²) in [5, 5.41) is 12.8. The molecule has 0 fully saturated rings. The number of para-hydroxylation sites is 1. The zero-order chi connectivity index (χ0) is 19.4. The Morgan fingerprint density at radius 3 is 2.67 bits per heavy atom. The number of hydrogen-bond acceptors (Lipinski definition) is 5. The number of hydrogen-bond donors (Lipinski definition) is 1. The largest absolute Gasteiger partial charge is 0.484 e. The Balaban J connectivity index is 2.05. The van der Waals surface area contributed by atoms with Crippen LogP contribution >= 0.6 is 0 Å². The normalized spacial score (nSPS) is 19.9. The third-order valence-corrected chi connectivity index (χ3v) is 4.64. The second-order valence-electron chi connectivity index (χ2n) is 7.22. The highest BCUT2D eigenvalue weighted by molar-refractivity contribution is 5.70. The molecule has 1 N–H and O–H groups in total. The van der Waals surface area contributed by atoms with Crippen LogP contribution in [0.4, 0.5) is 5.69 Å². The molecule has 0 spiro atoms. The number of nitrogens with zero attached hydrogens (tertiary/aromatic N) is 1. The van der Waals surface area contributed by atoms with Gasteiger partial charge in [-0.2, -0.15) is 5.26 Å². The first kappa shape index (κ1) is 18.8. The van der Waals surface area contributed by atoms with E-state index in [1.165, 1.54) is 0 Å². The Morgan fingerprint density at radius 1 is 1.26 bits per heavy atom. The van der Waals surface area contributed by atoms with Crippen molar-refractivity contribution >= 4 is 11.7 Å². The van der Waals surface area contributed by atoms with Gasteiger partial charge < -0.3 is 14.8 Å². The molecule has 0 saturated heterocycles. The van der Waals surface area contributed by atoms with Gasteiger partial charge in [-0.25, -0.2) is 0 Å². The average molecular weight is 364 g/mol. The Kier molecular flexibility index (Phi) is 5.36. The van der Waals surface area contributed by atoms with Gasteiger partial charge in [0, 0.05) is 17.7 Å². The fourth-order valence-electron chi connectivity index (χ4n) is 3.34. The maximum atomic E-state index is 12.3. The predicted molar refractivity (Wildman–Crippen MR) is 103 cm³/mol. The second-order valence-corrected chi connectivity index (χ2v) is 7.22. The number of carbonyl (C=O) groups excluding carboxylic acids is 1. The lowest BCUT2D eigenvalue weighted by Crippen LogP contribution is -2.53. The third kappa shape index (κ3) is 4.06. The summed E-state index contributed by atoms with van der Waals surface area (Å²) in [5.41, 5.74) is 1.53. The van der Waals surface area contributed by atoms with Crippen LogP contribution in [-0.2, 0) is 9.53 Å². The maximum Gasteiger partial charge on any atom is 0.306 e. The number of rotatable bonds is 5. The fraction of sp³-hybridized carbons (Fsp3) is 0.364. The monoisotopic (exact) mass is 364 g/mol. The zero-order valence-electron chi connectivity index (χ0n) is 15.9. The number of ether oxygens (including phenoxy) is 2. The highest BCUT2D eigenvalue weighted by Crippen LogP contribution is 2.43. The summed E-state index contributed by atoms with van der Waals surface area (Å²) in [5.74, 6) is 0.439. The molecule has 0 amide bonds. The lowest BCUT2D eigenvalue weighted by molar-refractivity contribution is -0.163. The second kappa shape index (κ2) is 7.71. The van der Waals surface area contributed by atoms with Crippen LogP contribution in [0.1, 0.15) is 50.8 Å². The minimum absolute atomic E-state index is 0.251. The quantitative estimate of drug-likeness (QED) is 0.786. The molecule has 1 aliphatic heterocycles. The number of anilines is 1. The van der Waals surface area contributed by atoms with Gasteiger partial charge in [0.25, 0.3) is 0 Å². The Morgan fingerprint density at radius 2 is 2.00 bits per heavy atom. The van der Waals surface area contributed by atoms with Crippen LogP contribution in [0, 0.1) is 11.3 Å². The molecular weight excluding hydrogens is 340 g/mol. The van der Waals surface area contributed by atoms with Crippen molar-refractivity contribution in [2.24, 2.45) is 0 Å². The summed E-state index contributed by atoms with van der Waals surface area (Å²) in [6, 6.07) is 16.9. The fourth-order valence-corrected chi connectivity index (χ4v) is 3.34. The standard InChI is InChI=1S/C22H24N2O3/c1-4-8-19(25)26-21-20(24-16-9-6-5-7-10-16)17-13-15(14-23)11-12-18(17)27-22(21,2)3/h5-7,9-13,20-21,24H,4,8H2,1-3H3. The summed E-state index contributed by atoms with van der Waals surface area (Å²) in [6.07, 6.45) is 0.535. The molecule has 2 unspecified atom stereocenters. The summed E-state index contributed by atoms with van der Waals surface area (Å²) in [6.45, 7) is 5.77. The number of esters is 1. The van der Waals surface area contributed by atoms with Crippen molar-refractivity contribution < 1.29 is 14.3 Å². The molecule has 3 rings (SSSR count). The number of nitriles is 1. The van der Waals surface area contributed by atoms with Gasteiger partial charge in [0.2, 0.25) is 0 Å². The molecule has 1 aliphatic rings. The van der Waals surface area contributed by atoms with Crippen LogP contribution in [-0.4, -0.2) is 17.7 Å². The van der Waals surface area contributed by atoms with Crippen LogP contribution < -0.4 is 10.1 Å². The van der Waals surface area contributed by atoms with Crippen molar-refractivity contribution in [3.8, 4) is 11.8 Å². The van der Waals surface area contributed by atoms with E-state index in [1.54, 1.807) is 18.2 Å². The molecule has 27 heavy (non-hydrogen) atoms. The Bertz CT molecular complexity index is 856. The number of fused-ring (bicyclic) bond motifs is 1. The molecule has 5 nitrogen and oxygen atoms in total. The first-order chi connectivity index (χ1) is 12.9. The molecule has 2 atom stereocenters. The lowest BCUT2D eigenvalue weighted by Gasteiger charge is -2.44. The van der Waals surface area contributed by atoms with Crippen LogP contribution in [0.2, 0.25) is 0 Å². The third-order valence-electron chi connectivity index (χ3n) is 4.64. The highest BCUT2D eigenvalue weighted by Gasteiger charge is 2.46. The predicted octanol–water partition coefficient (Wildman–Crippen LogP) is 4.59. The van der Waals surface area contributed by atoms with Crippen LogP contribution in [0.25, 0.3) is 0 Å². The molecule has 0 aliphatic carbocycles. The maximum absolute atomic E-state index is 12.3. The molecule has 2 aromatic carbocycles. The molecular formula is C22H24N2O3. The SMILES string of the molecule is CCCC(=O)OC1C(Nc2ccccc2)c2cc(C#N)ccc2OC1(C)C. The molecule has 0 aromatic heterocycles. The first-order valence-electron chi connectivity index (χ1n) is 9.18. The minimum Gasteiger partial charge on any atom is -0.484 e. The summed E-state index contributed by atoms with van der Waals surface area (Å²) in [4.78, 5) is 12.3. The summed E-state index contributed by atoms with van der Waals surface area (Å²) >= 11 is 0. The van der Waals surface area contributed by atoms with Crippen molar-refractivity contribution in [2.45, 2.75) is 51.4 Å². The minimum atomic E-state index is -0.725.